The predicted molar refractivity (Wildman–Crippen MR) is 121 cm³/mol. The van der Waals surface area contributed by atoms with Gasteiger partial charge in [-0.05, 0) is 51.9 Å². The number of hydrogen-bond acceptors (Lipinski definition) is 2. The van der Waals surface area contributed by atoms with Gasteiger partial charge in [-0.25, -0.2) is 0 Å². The van der Waals surface area contributed by atoms with Crippen LogP contribution in [0.25, 0.3) is 17.2 Å². The summed E-state index contributed by atoms with van der Waals surface area (Å²) in [6.45, 7) is 4.84. The lowest BCUT2D eigenvalue weighted by Gasteiger charge is -2.40. The molecule has 3 aliphatic rings. The van der Waals surface area contributed by atoms with Crippen molar-refractivity contribution in [3.8, 4) is 11.1 Å². The molecule has 3 aromatic carbocycles. The minimum absolute atomic E-state index is 0.0756. The molecule has 2 aliphatic heterocycles. The number of hydrogen-bond donors (Lipinski definition) is 1. The van der Waals surface area contributed by atoms with Crippen molar-refractivity contribution in [3.05, 3.63) is 95.1 Å². The van der Waals surface area contributed by atoms with Crippen molar-refractivity contribution < 1.29 is 4.79 Å². The topological polar surface area (TPSA) is 32.3 Å². The summed E-state index contributed by atoms with van der Waals surface area (Å²) in [4.78, 5) is 14.7. The van der Waals surface area contributed by atoms with Crippen molar-refractivity contribution in [2.45, 2.75) is 31.3 Å². The molecule has 148 valence electrons. The maximum Gasteiger partial charge on any atom is 0.241 e. The molecule has 0 unspecified atom stereocenters. The maximum absolute atomic E-state index is 12.5. The van der Waals surface area contributed by atoms with E-state index in [0.29, 0.717) is 6.54 Å². The highest BCUT2D eigenvalue weighted by Gasteiger charge is 2.59. The minimum Gasteiger partial charge on any atom is -0.335 e. The lowest BCUT2D eigenvalue weighted by Crippen LogP contribution is -2.58. The summed E-state index contributed by atoms with van der Waals surface area (Å²) in [5, 5.41) is 3.30. The molecular weight excluding hydrogens is 368 g/mol. The monoisotopic (exact) mass is 392 g/mol. The van der Waals surface area contributed by atoms with Crippen molar-refractivity contribution in [2.24, 2.45) is 0 Å². The van der Waals surface area contributed by atoms with Crippen LogP contribution in [0.3, 0.4) is 0 Å². The van der Waals surface area contributed by atoms with Crippen LogP contribution in [0.5, 0.6) is 0 Å². The Kier molecular flexibility index (Phi) is 3.42. The SMILES string of the molecule is CC1(C)c2ccccc2N2CC(=O)N[C@]21/C=C/c1ccc2c(c1)Cc1ccccc1-2. The Labute approximate surface area is 177 Å². The van der Waals surface area contributed by atoms with Gasteiger partial charge >= 0.3 is 0 Å². The van der Waals surface area contributed by atoms with Gasteiger partial charge in [0.15, 0.2) is 0 Å². The second kappa shape index (κ2) is 5.85. The molecule has 30 heavy (non-hydrogen) atoms. The van der Waals surface area contributed by atoms with Crippen LogP contribution >= 0.6 is 0 Å². The van der Waals surface area contributed by atoms with E-state index in [0.717, 1.165) is 12.1 Å². The molecule has 1 aliphatic carbocycles. The number of nitrogens with zero attached hydrogens (tertiary/aromatic N) is 1. The standard InChI is InChI=1S/C27H24N2O/c1-26(2)23-9-5-6-10-24(23)29-17-25(30)28-27(26,29)14-13-18-11-12-22-20(15-18)16-19-7-3-4-8-21(19)22/h3-15H,16-17H2,1-2H3,(H,28,30)/b14-13+/t27-/m1/s1. The minimum atomic E-state index is -0.546. The molecule has 3 nitrogen and oxygen atoms in total. The van der Waals surface area contributed by atoms with Gasteiger partial charge in [0, 0.05) is 11.1 Å². The third-order valence-electron chi connectivity index (χ3n) is 7.21. The fourth-order valence-electron chi connectivity index (χ4n) is 5.63. The molecular formula is C27H24N2O. The van der Waals surface area contributed by atoms with Gasteiger partial charge in [-0.3, -0.25) is 4.79 Å². The Morgan fingerprint density at radius 2 is 1.70 bits per heavy atom. The molecule has 3 aromatic rings. The van der Waals surface area contributed by atoms with Crippen molar-refractivity contribution in [1.82, 2.24) is 5.32 Å². The lowest BCUT2D eigenvalue weighted by molar-refractivity contribution is -0.118. The van der Waals surface area contributed by atoms with Crippen LogP contribution in [0.4, 0.5) is 5.69 Å². The first-order valence-electron chi connectivity index (χ1n) is 10.6. The average Bonchev–Trinajstić information content (AvgIpc) is 3.34. The average molecular weight is 393 g/mol. The second-order valence-corrected chi connectivity index (χ2v) is 9.13. The van der Waals surface area contributed by atoms with Crippen molar-refractivity contribution in [2.75, 3.05) is 11.4 Å². The second-order valence-electron chi connectivity index (χ2n) is 9.13. The first-order chi connectivity index (χ1) is 14.5. The number of carbonyl (C=O) groups is 1. The Balaban J connectivity index is 1.41. The highest BCUT2D eigenvalue weighted by atomic mass is 16.2. The van der Waals surface area contributed by atoms with Gasteiger partial charge in [-0.2, -0.15) is 0 Å². The van der Waals surface area contributed by atoms with E-state index < -0.39 is 5.66 Å². The largest absolute Gasteiger partial charge is 0.335 e. The molecule has 3 heteroatoms. The Morgan fingerprint density at radius 3 is 2.60 bits per heavy atom. The maximum atomic E-state index is 12.5. The molecule has 0 bridgehead atoms. The summed E-state index contributed by atoms with van der Waals surface area (Å²) in [6.07, 6.45) is 5.36. The molecule has 0 radical (unpaired) electrons. The van der Waals surface area contributed by atoms with E-state index in [2.05, 4.69) is 103 Å². The number of rotatable bonds is 2. The Hall–Kier alpha value is -3.33. The summed E-state index contributed by atoms with van der Waals surface area (Å²) in [5.74, 6) is 0.0756. The Bertz CT molecular complexity index is 1240. The van der Waals surface area contributed by atoms with Crippen molar-refractivity contribution in [1.29, 1.82) is 0 Å². The molecule has 2 heterocycles. The van der Waals surface area contributed by atoms with Crippen LogP contribution < -0.4 is 10.2 Å². The third kappa shape index (κ3) is 2.18. The smallest absolute Gasteiger partial charge is 0.241 e. The fraction of sp³-hybridized carbons (Fsp3) is 0.222. The predicted octanol–water partition coefficient (Wildman–Crippen LogP) is 4.89. The molecule has 1 atom stereocenters. The highest BCUT2D eigenvalue weighted by Crippen LogP contribution is 2.52. The van der Waals surface area contributed by atoms with E-state index in [1.165, 1.54) is 33.4 Å². The zero-order valence-corrected chi connectivity index (χ0v) is 17.3. The van der Waals surface area contributed by atoms with Crippen molar-refractivity contribution >= 4 is 17.7 Å². The van der Waals surface area contributed by atoms with E-state index in [1.54, 1.807) is 0 Å². The van der Waals surface area contributed by atoms with E-state index in [-0.39, 0.29) is 11.3 Å². The van der Waals surface area contributed by atoms with Crippen LogP contribution in [-0.2, 0) is 16.6 Å². The Morgan fingerprint density at radius 1 is 0.933 bits per heavy atom. The lowest BCUT2D eigenvalue weighted by atomic mass is 9.75. The first kappa shape index (κ1) is 17.5. The molecule has 0 saturated carbocycles. The molecule has 0 spiro atoms. The van der Waals surface area contributed by atoms with Gasteiger partial charge in [0.1, 0.15) is 5.66 Å². The van der Waals surface area contributed by atoms with E-state index >= 15 is 0 Å². The van der Waals surface area contributed by atoms with Gasteiger partial charge in [-0.1, -0.05) is 80.6 Å². The number of benzene rings is 3. The van der Waals surface area contributed by atoms with Gasteiger partial charge < -0.3 is 10.2 Å². The third-order valence-corrected chi connectivity index (χ3v) is 7.21. The van der Waals surface area contributed by atoms with Crippen molar-refractivity contribution in [3.63, 3.8) is 0 Å². The van der Waals surface area contributed by atoms with E-state index in [9.17, 15) is 4.79 Å². The normalized spacial score (nSPS) is 22.6. The van der Waals surface area contributed by atoms with Crippen LogP contribution in [0, 0.1) is 0 Å². The van der Waals surface area contributed by atoms with E-state index in [4.69, 9.17) is 0 Å². The van der Waals surface area contributed by atoms with Crippen LogP contribution in [0.2, 0.25) is 0 Å². The molecule has 1 amide bonds. The number of anilines is 1. The summed E-state index contributed by atoms with van der Waals surface area (Å²) in [6, 6.07) is 23.8. The quantitative estimate of drug-likeness (QED) is 0.526. The zero-order chi connectivity index (χ0) is 20.5. The van der Waals surface area contributed by atoms with Gasteiger partial charge in [0.2, 0.25) is 5.91 Å². The molecule has 1 saturated heterocycles. The number of amides is 1. The van der Waals surface area contributed by atoms with Crippen LogP contribution in [-0.4, -0.2) is 18.1 Å². The first-order valence-corrected chi connectivity index (χ1v) is 10.6. The number of fused-ring (bicyclic) bond motifs is 6. The van der Waals surface area contributed by atoms with Gasteiger partial charge in [0.05, 0.1) is 6.54 Å². The number of carbonyl (C=O) groups excluding carboxylic acids is 1. The summed E-state index contributed by atoms with van der Waals surface area (Å²) < 4.78 is 0. The summed E-state index contributed by atoms with van der Waals surface area (Å²) in [7, 11) is 0. The summed E-state index contributed by atoms with van der Waals surface area (Å²) in [5.41, 5.74) is 8.27. The molecule has 1 N–H and O–H groups in total. The molecule has 6 rings (SSSR count). The van der Waals surface area contributed by atoms with Gasteiger partial charge in [0.25, 0.3) is 0 Å². The van der Waals surface area contributed by atoms with Crippen LogP contribution in [0.1, 0.15) is 36.1 Å². The fourth-order valence-corrected chi connectivity index (χ4v) is 5.63. The number of para-hydroxylation sites is 1. The molecule has 1 fully saturated rings. The highest BCUT2D eigenvalue weighted by molar-refractivity contribution is 5.91. The van der Waals surface area contributed by atoms with Crippen LogP contribution in [0.15, 0.2) is 72.8 Å². The van der Waals surface area contributed by atoms with E-state index in [1.807, 2.05) is 0 Å². The summed E-state index contributed by atoms with van der Waals surface area (Å²) >= 11 is 0. The zero-order valence-electron chi connectivity index (χ0n) is 17.3. The van der Waals surface area contributed by atoms with Gasteiger partial charge in [-0.15, -0.1) is 0 Å². The number of nitrogens with one attached hydrogen (secondary N) is 1. The molecule has 0 aromatic heterocycles.